The SMILES string of the molecule is C=C1CCCc2cc3cc(ccc3cn2)[C@@H](C)OC(=O)[C@@H]2CCCN(N2)C(=O)[C@H](C)NC(=O)[C@H](C(C)C)N1. The molecule has 2 amide bonds. The van der Waals surface area contributed by atoms with Gasteiger partial charge in [0.05, 0.1) is 0 Å². The fourth-order valence-electron chi connectivity index (χ4n) is 4.94. The van der Waals surface area contributed by atoms with Crippen LogP contribution in [0.15, 0.2) is 42.7 Å². The number of nitrogens with zero attached hydrogens (tertiary/aromatic N) is 2. The Labute approximate surface area is 224 Å². The monoisotopic (exact) mass is 521 g/mol. The molecule has 9 nitrogen and oxygen atoms in total. The number of nitrogens with one attached hydrogen (secondary N) is 3. The lowest BCUT2D eigenvalue weighted by Crippen LogP contribution is -2.60. The normalized spacial score (nSPS) is 26.2. The van der Waals surface area contributed by atoms with Crippen molar-refractivity contribution < 1.29 is 19.1 Å². The molecule has 0 unspecified atom stereocenters. The minimum Gasteiger partial charge on any atom is -0.457 e. The zero-order valence-electron chi connectivity index (χ0n) is 22.8. The molecule has 0 saturated carbocycles. The first kappa shape index (κ1) is 27.6. The van der Waals surface area contributed by atoms with E-state index >= 15 is 0 Å². The number of amides is 2. The van der Waals surface area contributed by atoms with E-state index in [0.29, 0.717) is 25.8 Å². The van der Waals surface area contributed by atoms with Crippen molar-refractivity contribution in [1.29, 1.82) is 0 Å². The Balaban J connectivity index is 1.60. The summed E-state index contributed by atoms with van der Waals surface area (Å²) < 4.78 is 5.81. The number of carbonyl (C=O) groups is 3. The van der Waals surface area contributed by atoms with E-state index in [1.165, 1.54) is 5.01 Å². The zero-order chi connectivity index (χ0) is 27.4. The molecule has 1 fully saturated rings. The molecule has 4 atom stereocenters. The third-order valence-electron chi connectivity index (χ3n) is 7.25. The molecular weight excluding hydrogens is 482 g/mol. The predicted molar refractivity (Wildman–Crippen MR) is 146 cm³/mol. The van der Waals surface area contributed by atoms with E-state index in [4.69, 9.17) is 4.74 Å². The second kappa shape index (κ2) is 11.9. The highest BCUT2D eigenvalue weighted by Crippen LogP contribution is 2.25. The number of carbonyl (C=O) groups excluding carboxylic acids is 3. The third kappa shape index (κ3) is 6.51. The molecule has 3 heterocycles. The van der Waals surface area contributed by atoms with Gasteiger partial charge in [-0.3, -0.25) is 24.4 Å². The number of hydrazine groups is 1. The largest absolute Gasteiger partial charge is 0.457 e. The van der Waals surface area contributed by atoms with Gasteiger partial charge in [0.1, 0.15) is 24.2 Å². The number of hydrogen-bond donors (Lipinski definition) is 3. The summed E-state index contributed by atoms with van der Waals surface area (Å²) in [4.78, 5) is 43.9. The van der Waals surface area contributed by atoms with Gasteiger partial charge in [-0.05, 0) is 75.0 Å². The fourth-order valence-corrected chi connectivity index (χ4v) is 4.94. The van der Waals surface area contributed by atoms with Gasteiger partial charge in [0.2, 0.25) is 5.91 Å². The first-order valence-electron chi connectivity index (χ1n) is 13.5. The summed E-state index contributed by atoms with van der Waals surface area (Å²) in [7, 11) is 0. The Kier molecular flexibility index (Phi) is 8.66. The summed E-state index contributed by atoms with van der Waals surface area (Å²) in [6.45, 7) is 12.0. The quantitative estimate of drug-likeness (QED) is 0.494. The van der Waals surface area contributed by atoms with Crippen molar-refractivity contribution in [3.8, 4) is 0 Å². The molecule has 3 N–H and O–H groups in total. The number of pyridine rings is 1. The lowest BCUT2D eigenvalue weighted by Gasteiger charge is -2.35. The Morgan fingerprint density at radius 3 is 2.61 bits per heavy atom. The van der Waals surface area contributed by atoms with E-state index in [9.17, 15) is 14.4 Å². The lowest BCUT2D eigenvalue weighted by atomic mass is 10.0. The molecule has 1 aromatic carbocycles. The van der Waals surface area contributed by atoms with E-state index in [-0.39, 0.29) is 17.7 Å². The number of benzene rings is 1. The van der Waals surface area contributed by atoms with Crippen molar-refractivity contribution in [3.63, 3.8) is 0 Å². The first-order chi connectivity index (χ1) is 18.1. The Hall–Kier alpha value is -3.46. The Morgan fingerprint density at radius 1 is 1.05 bits per heavy atom. The number of esters is 1. The molecule has 5 bridgehead atoms. The van der Waals surface area contributed by atoms with E-state index in [1.54, 1.807) is 6.92 Å². The summed E-state index contributed by atoms with van der Waals surface area (Å²) in [6, 6.07) is 6.12. The van der Waals surface area contributed by atoms with Crippen LogP contribution in [0.1, 0.15) is 70.7 Å². The highest BCUT2D eigenvalue weighted by Gasteiger charge is 2.33. The van der Waals surface area contributed by atoms with Crippen LogP contribution in [0.2, 0.25) is 0 Å². The van der Waals surface area contributed by atoms with Gasteiger partial charge < -0.3 is 15.4 Å². The van der Waals surface area contributed by atoms with Gasteiger partial charge in [0.25, 0.3) is 5.91 Å². The number of aromatic nitrogens is 1. The summed E-state index contributed by atoms with van der Waals surface area (Å²) in [5, 5.41) is 9.59. The minimum absolute atomic E-state index is 0.0127. The van der Waals surface area contributed by atoms with Gasteiger partial charge in [-0.25, -0.2) is 5.43 Å². The maximum atomic E-state index is 13.2. The van der Waals surface area contributed by atoms with Crippen LogP contribution in [0.3, 0.4) is 0 Å². The molecule has 0 spiro atoms. The summed E-state index contributed by atoms with van der Waals surface area (Å²) >= 11 is 0. The van der Waals surface area contributed by atoms with Gasteiger partial charge in [-0.2, -0.15) is 0 Å². The highest BCUT2D eigenvalue weighted by molar-refractivity contribution is 5.90. The van der Waals surface area contributed by atoms with Crippen molar-refractivity contribution in [1.82, 2.24) is 26.1 Å². The van der Waals surface area contributed by atoms with Crippen LogP contribution in [0.25, 0.3) is 10.8 Å². The number of ether oxygens (including phenoxy) is 1. The molecule has 1 saturated heterocycles. The zero-order valence-corrected chi connectivity index (χ0v) is 22.8. The van der Waals surface area contributed by atoms with E-state index in [2.05, 4.69) is 33.7 Å². The van der Waals surface area contributed by atoms with Crippen molar-refractivity contribution in [2.75, 3.05) is 6.54 Å². The average molecular weight is 522 g/mol. The van der Waals surface area contributed by atoms with Crippen LogP contribution < -0.4 is 16.1 Å². The van der Waals surface area contributed by atoms with Crippen molar-refractivity contribution in [2.24, 2.45) is 5.92 Å². The highest BCUT2D eigenvalue weighted by atomic mass is 16.5. The van der Waals surface area contributed by atoms with Crippen LogP contribution in [0.4, 0.5) is 0 Å². The maximum absolute atomic E-state index is 13.2. The van der Waals surface area contributed by atoms with Crippen LogP contribution >= 0.6 is 0 Å². The molecule has 0 radical (unpaired) electrons. The second-order valence-corrected chi connectivity index (χ2v) is 10.7. The molecule has 2 aliphatic heterocycles. The Bertz CT molecular complexity index is 1210. The van der Waals surface area contributed by atoms with Crippen LogP contribution in [-0.2, 0) is 25.5 Å². The number of rotatable bonds is 1. The molecule has 0 aliphatic carbocycles. The van der Waals surface area contributed by atoms with Crippen molar-refractivity contribution in [2.45, 2.75) is 84.0 Å². The molecule has 2 aliphatic rings. The Morgan fingerprint density at radius 2 is 1.84 bits per heavy atom. The molecule has 1 aromatic heterocycles. The molecule has 9 heteroatoms. The van der Waals surface area contributed by atoms with Gasteiger partial charge in [-0.1, -0.05) is 32.6 Å². The smallest absolute Gasteiger partial charge is 0.325 e. The second-order valence-electron chi connectivity index (χ2n) is 10.7. The number of allylic oxidation sites excluding steroid dienone is 1. The third-order valence-corrected chi connectivity index (χ3v) is 7.25. The standard InChI is InChI=1S/C29H39N5O4/c1-17(2)26-27(35)32-19(4)28(36)34-13-7-10-25(33-34)29(37)38-20(5)21-11-12-22-16-30-24(15-23(22)14-21)9-6-8-18(3)31-26/h11-12,14-17,19-20,25-26,31,33H,3,6-10,13H2,1-2,4-5H3,(H,32,35)/t19-,20+,25-,26-/m0/s1. The van der Waals surface area contributed by atoms with Crippen LogP contribution in [0.5, 0.6) is 0 Å². The van der Waals surface area contributed by atoms with Crippen molar-refractivity contribution in [3.05, 3.63) is 54.0 Å². The van der Waals surface area contributed by atoms with Gasteiger partial charge in [0, 0.05) is 29.5 Å². The van der Waals surface area contributed by atoms with E-state index in [0.717, 1.165) is 40.6 Å². The molecule has 38 heavy (non-hydrogen) atoms. The molecule has 4 rings (SSSR count). The van der Waals surface area contributed by atoms with E-state index < -0.39 is 30.2 Å². The van der Waals surface area contributed by atoms with Crippen LogP contribution in [-0.4, -0.2) is 52.4 Å². The maximum Gasteiger partial charge on any atom is 0.325 e. The van der Waals surface area contributed by atoms with Gasteiger partial charge >= 0.3 is 5.97 Å². The first-order valence-corrected chi connectivity index (χ1v) is 13.5. The van der Waals surface area contributed by atoms with Gasteiger partial charge in [-0.15, -0.1) is 0 Å². The lowest BCUT2D eigenvalue weighted by molar-refractivity contribution is -0.157. The topological polar surface area (TPSA) is 113 Å². The van der Waals surface area contributed by atoms with Crippen molar-refractivity contribution >= 4 is 28.6 Å². The molecular formula is C29H39N5O4. The van der Waals surface area contributed by atoms with Crippen LogP contribution in [0, 0.1) is 5.92 Å². The van der Waals surface area contributed by atoms with E-state index in [1.807, 2.05) is 45.2 Å². The molecule has 204 valence electrons. The predicted octanol–water partition coefficient (Wildman–Crippen LogP) is 3.30. The number of hydrogen-bond acceptors (Lipinski definition) is 7. The minimum atomic E-state index is -0.766. The summed E-state index contributed by atoms with van der Waals surface area (Å²) in [6.07, 6.45) is 4.90. The number of cyclic esters (lactones) is 1. The average Bonchev–Trinajstić information content (AvgIpc) is 2.90. The summed E-state index contributed by atoms with van der Waals surface area (Å²) in [5.41, 5.74) is 5.66. The molecule has 2 aromatic rings. The van der Waals surface area contributed by atoms with Gasteiger partial charge in [0.15, 0.2) is 0 Å². The number of fused-ring (bicyclic) bond motifs is 4. The fraction of sp³-hybridized carbons (Fsp3) is 0.517. The number of aryl methyl sites for hydroxylation is 1. The summed E-state index contributed by atoms with van der Waals surface area (Å²) in [5.74, 6) is -0.980.